The second-order valence-corrected chi connectivity index (χ2v) is 3.95. The topological polar surface area (TPSA) is 84.2 Å². The molecule has 2 unspecified atom stereocenters. The quantitative estimate of drug-likeness (QED) is 0.737. The molecule has 1 aromatic heterocycles. The second kappa shape index (κ2) is 3.96. The van der Waals surface area contributed by atoms with Crippen molar-refractivity contribution < 1.29 is 14.7 Å². The van der Waals surface area contributed by atoms with Crippen LogP contribution in [-0.2, 0) is 23.2 Å². The van der Waals surface area contributed by atoms with Crippen LogP contribution in [0.1, 0.15) is 12.1 Å². The normalized spacial score (nSPS) is 22.8. The molecule has 0 saturated heterocycles. The van der Waals surface area contributed by atoms with Gasteiger partial charge in [0.1, 0.15) is 0 Å². The number of aliphatic carboxylic acids is 1. The van der Waals surface area contributed by atoms with Crippen molar-refractivity contribution in [2.45, 2.75) is 13.0 Å². The van der Waals surface area contributed by atoms with Gasteiger partial charge in [-0.1, -0.05) is 0 Å². The Labute approximate surface area is 92.3 Å². The lowest BCUT2D eigenvalue weighted by Gasteiger charge is -2.04. The van der Waals surface area contributed by atoms with E-state index in [1.54, 1.807) is 17.9 Å². The summed E-state index contributed by atoms with van der Waals surface area (Å²) in [6.45, 7) is 0.387. The minimum Gasteiger partial charge on any atom is -0.481 e. The van der Waals surface area contributed by atoms with Crippen molar-refractivity contribution in [2.75, 3.05) is 0 Å². The van der Waals surface area contributed by atoms with Crippen LogP contribution in [0, 0.1) is 11.8 Å². The highest BCUT2D eigenvalue weighted by Crippen LogP contribution is 2.38. The van der Waals surface area contributed by atoms with Gasteiger partial charge in [-0.2, -0.15) is 5.10 Å². The predicted octanol–water partition coefficient (Wildman–Crippen LogP) is -0.243. The van der Waals surface area contributed by atoms with Gasteiger partial charge in [0.15, 0.2) is 0 Å². The first kappa shape index (κ1) is 10.7. The van der Waals surface area contributed by atoms with Gasteiger partial charge in [0.05, 0.1) is 24.1 Å². The van der Waals surface area contributed by atoms with Crippen LogP contribution in [0.2, 0.25) is 0 Å². The van der Waals surface area contributed by atoms with Crippen molar-refractivity contribution in [1.82, 2.24) is 15.1 Å². The number of amides is 1. The lowest BCUT2D eigenvalue weighted by atomic mass is 10.3. The van der Waals surface area contributed by atoms with Gasteiger partial charge in [0, 0.05) is 13.2 Å². The zero-order valence-electron chi connectivity index (χ0n) is 8.88. The van der Waals surface area contributed by atoms with Crippen molar-refractivity contribution in [3.05, 3.63) is 18.0 Å². The number of hydrogen-bond acceptors (Lipinski definition) is 3. The van der Waals surface area contributed by atoms with Crippen molar-refractivity contribution in [3.8, 4) is 0 Å². The molecule has 0 spiro atoms. The van der Waals surface area contributed by atoms with E-state index in [4.69, 9.17) is 5.11 Å². The van der Waals surface area contributed by atoms with E-state index in [9.17, 15) is 9.59 Å². The molecule has 86 valence electrons. The Bertz CT molecular complexity index is 427. The van der Waals surface area contributed by atoms with Gasteiger partial charge >= 0.3 is 5.97 Å². The van der Waals surface area contributed by atoms with E-state index in [0.717, 1.165) is 5.69 Å². The van der Waals surface area contributed by atoms with Crippen molar-refractivity contribution >= 4 is 11.9 Å². The SMILES string of the molecule is Cn1nccc1CNC(=O)C1CC1C(=O)O. The third kappa shape index (κ3) is 2.05. The van der Waals surface area contributed by atoms with Gasteiger partial charge in [-0.3, -0.25) is 14.3 Å². The van der Waals surface area contributed by atoms with E-state index < -0.39 is 11.9 Å². The Morgan fingerprint density at radius 3 is 2.88 bits per heavy atom. The number of carboxylic acids is 1. The molecule has 1 fully saturated rings. The fourth-order valence-electron chi connectivity index (χ4n) is 1.64. The van der Waals surface area contributed by atoms with E-state index in [-0.39, 0.29) is 11.8 Å². The number of carboxylic acid groups (broad SMARTS) is 1. The molecule has 6 heteroatoms. The minimum absolute atomic E-state index is 0.186. The zero-order chi connectivity index (χ0) is 11.7. The Kier molecular flexibility index (Phi) is 2.64. The van der Waals surface area contributed by atoms with Crippen LogP contribution in [0.5, 0.6) is 0 Å². The van der Waals surface area contributed by atoms with Crippen LogP contribution in [0.3, 0.4) is 0 Å². The highest BCUT2D eigenvalue weighted by atomic mass is 16.4. The Hall–Kier alpha value is -1.85. The molecular weight excluding hydrogens is 210 g/mol. The molecule has 0 aromatic carbocycles. The highest BCUT2D eigenvalue weighted by molar-refractivity contribution is 5.89. The Morgan fingerprint density at radius 1 is 1.62 bits per heavy atom. The van der Waals surface area contributed by atoms with Crippen LogP contribution in [0.15, 0.2) is 12.3 Å². The van der Waals surface area contributed by atoms with E-state index in [0.29, 0.717) is 13.0 Å². The molecule has 0 aliphatic heterocycles. The number of hydrogen-bond donors (Lipinski definition) is 2. The molecule has 0 radical (unpaired) electrons. The summed E-state index contributed by atoms with van der Waals surface area (Å²) in [5.74, 6) is -1.92. The maximum Gasteiger partial charge on any atom is 0.307 e. The number of aryl methyl sites for hydroxylation is 1. The van der Waals surface area contributed by atoms with Crippen LogP contribution in [0.25, 0.3) is 0 Å². The maximum absolute atomic E-state index is 11.5. The number of rotatable bonds is 4. The van der Waals surface area contributed by atoms with E-state index in [1.807, 2.05) is 6.07 Å². The van der Waals surface area contributed by atoms with Crippen molar-refractivity contribution in [1.29, 1.82) is 0 Å². The molecule has 1 aliphatic rings. The first-order chi connectivity index (χ1) is 7.59. The summed E-state index contributed by atoms with van der Waals surface area (Å²) in [6, 6.07) is 1.81. The fraction of sp³-hybridized carbons (Fsp3) is 0.500. The van der Waals surface area contributed by atoms with E-state index >= 15 is 0 Å². The zero-order valence-corrected chi connectivity index (χ0v) is 8.88. The Balaban J connectivity index is 1.82. The summed E-state index contributed by atoms with van der Waals surface area (Å²) in [5.41, 5.74) is 0.890. The second-order valence-electron chi connectivity index (χ2n) is 3.95. The molecule has 16 heavy (non-hydrogen) atoms. The molecule has 1 heterocycles. The lowest BCUT2D eigenvalue weighted by molar-refractivity contribution is -0.140. The predicted molar refractivity (Wildman–Crippen MR) is 54.3 cm³/mol. The van der Waals surface area contributed by atoms with Crippen LogP contribution >= 0.6 is 0 Å². The molecule has 1 aromatic rings. The average molecular weight is 223 g/mol. The molecule has 6 nitrogen and oxygen atoms in total. The minimum atomic E-state index is -0.888. The summed E-state index contributed by atoms with van der Waals surface area (Å²) in [5, 5.41) is 15.4. The molecule has 1 aliphatic carbocycles. The van der Waals surface area contributed by atoms with Gasteiger partial charge in [0.25, 0.3) is 0 Å². The molecule has 1 amide bonds. The van der Waals surface area contributed by atoms with Gasteiger partial charge in [-0.25, -0.2) is 0 Å². The standard InChI is InChI=1S/C10H13N3O3/c1-13-6(2-3-12-13)5-11-9(14)7-4-8(7)10(15)16/h2-3,7-8H,4-5H2,1H3,(H,11,14)(H,15,16). The smallest absolute Gasteiger partial charge is 0.307 e. The molecule has 2 rings (SSSR count). The van der Waals surface area contributed by atoms with Crippen molar-refractivity contribution in [3.63, 3.8) is 0 Å². The van der Waals surface area contributed by atoms with E-state index in [2.05, 4.69) is 10.4 Å². The number of aromatic nitrogens is 2. The van der Waals surface area contributed by atoms with Gasteiger partial charge < -0.3 is 10.4 Å². The summed E-state index contributed by atoms with van der Waals surface area (Å²) < 4.78 is 1.67. The molecule has 2 N–H and O–H groups in total. The molecule has 2 atom stereocenters. The summed E-state index contributed by atoms with van der Waals surface area (Å²) in [6.07, 6.45) is 2.10. The van der Waals surface area contributed by atoms with E-state index in [1.165, 1.54) is 0 Å². The lowest BCUT2D eigenvalue weighted by Crippen LogP contribution is -2.26. The molecular formula is C10H13N3O3. The first-order valence-electron chi connectivity index (χ1n) is 5.07. The molecule has 1 saturated carbocycles. The largest absolute Gasteiger partial charge is 0.481 e. The average Bonchev–Trinajstić information content (AvgIpc) is 2.94. The number of nitrogens with zero attached hydrogens (tertiary/aromatic N) is 2. The number of nitrogens with one attached hydrogen (secondary N) is 1. The van der Waals surface area contributed by atoms with Crippen LogP contribution in [-0.4, -0.2) is 26.8 Å². The van der Waals surface area contributed by atoms with Gasteiger partial charge in [-0.15, -0.1) is 0 Å². The van der Waals surface area contributed by atoms with Gasteiger partial charge in [0.2, 0.25) is 5.91 Å². The fourth-order valence-corrected chi connectivity index (χ4v) is 1.64. The maximum atomic E-state index is 11.5. The summed E-state index contributed by atoms with van der Waals surface area (Å²) >= 11 is 0. The number of carbonyl (C=O) groups is 2. The monoisotopic (exact) mass is 223 g/mol. The number of carbonyl (C=O) groups excluding carboxylic acids is 1. The highest BCUT2D eigenvalue weighted by Gasteiger charge is 2.48. The van der Waals surface area contributed by atoms with Crippen LogP contribution in [0.4, 0.5) is 0 Å². The summed E-state index contributed by atoms with van der Waals surface area (Å²) in [4.78, 5) is 22.1. The first-order valence-corrected chi connectivity index (χ1v) is 5.07. The third-order valence-electron chi connectivity index (χ3n) is 2.81. The Morgan fingerprint density at radius 2 is 2.38 bits per heavy atom. The van der Waals surface area contributed by atoms with Crippen molar-refractivity contribution in [2.24, 2.45) is 18.9 Å². The van der Waals surface area contributed by atoms with Crippen LogP contribution < -0.4 is 5.32 Å². The molecule has 0 bridgehead atoms. The van der Waals surface area contributed by atoms with Gasteiger partial charge in [-0.05, 0) is 12.5 Å². The summed E-state index contributed by atoms with van der Waals surface area (Å²) in [7, 11) is 1.79. The third-order valence-corrected chi connectivity index (χ3v) is 2.81.